The predicted molar refractivity (Wildman–Crippen MR) is 81.4 cm³/mol. The van der Waals surface area contributed by atoms with Crippen LogP contribution in [0.15, 0.2) is 29.3 Å². The van der Waals surface area contributed by atoms with Crippen LogP contribution in [0.3, 0.4) is 0 Å². The molecule has 0 amide bonds. The average molecular weight is 275 g/mol. The lowest BCUT2D eigenvalue weighted by molar-refractivity contribution is 0.705. The van der Waals surface area contributed by atoms with Crippen molar-refractivity contribution in [1.82, 2.24) is 9.55 Å². The highest BCUT2D eigenvalue weighted by Gasteiger charge is 2.05. The van der Waals surface area contributed by atoms with Crippen molar-refractivity contribution in [3.8, 4) is 0 Å². The van der Waals surface area contributed by atoms with Crippen LogP contribution < -0.4 is 5.49 Å². The second-order valence-electron chi connectivity index (χ2n) is 4.72. The topological polar surface area (TPSA) is 41.7 Å². The van der Waals surface area contributed by atoms with E-state index in [9.17, 15) is 0 Å². The summed E-state index contributed by atoms with van der Waals surface area (Å²) in [6.45, 7) is 2.22. The molecule has 19 heavy (non-hydrogen) atoms. The fraction of sp³-hybridized carbons (Fsp3) is 0.467. The Kier molecular flexibility index (Phi) is 5.02. The van der Waals surface area contributed by atoms with Crippen LogP contribution in [0.2, 0.25) is 0 Å². The van der Waals surface area contributed by atoms with E-state index in [0.717, 1.165) is 21.8 Å². The van der Waals surface area contributed by atoms with Gasteiger partial charge in [0.25, 0.3) is 0 Å². The number of fused-ring (bicyclic) bond motifs is 1. The number of benzene rings is 1. The Bertz CT molecular complexity index is 604. The standard InChI is InChI=1S/C15H21N3S/c1-3-4-5-8-11-19-15-14(16)18(2)13-10-7-6-9-12(13)17-15/h6-7,9-10,16H,3-5,8,11H2,1-2H3. The molecule has 2 aromatic rings. The van der Waals surface area contributed by atoms with Gasteiger partial charge in [-0.3, -0.25) is 5.41 Å². The number of aromatic nitrogens is 2. The fourth-order valence-electron chi connectivity index (χ4n) is 2.07. The van der Waals surface area contributed by atoms with Crippen molar-refractivity contribution in [2.24, 2.45) is 7.05 Å². The lowest BCUT2D eigenvalue weighted by atomic mass is 10.2. The summed E-state index contributed by atoms with van der Waals surface area (Å²) in [4.78, 5) is 4.61. The van der Waals surface area contributed by atoms with Gasteiger partial charge in [0.05, 0.1) is 11.0 Å². The smallest absolute Gasteiger partial charge is 0.158 e. The van der Waals surface area contributed by atoms with Crippen LogP contribution in [0.5, 0.6) is 0 Å². The third-order valence-corrected chi connectivity index (χ3v) is 4.29. The number of nitrogens with one attached hydrogen (secondary N) is 1. The maximum absolute atomic E-state index is 8.17. The molecule has 0 aliphatic heterocycles. The highest BCUT2D eigenvalue weighted by atomic mass is 32.2. The van der Waals surface area contributed by atoms with E-state index in [1.165, 1.54) is 25.7 Å². The Balaban J connectivity index is 2.15. The monoisotopic (exact) mass is 275 g/mol. The van der Waals surface area contributed by atoms with Gasteiger partial charge < -0.3 is 4.57 Å². The fourth-order valence-corrected chi connectivity index (χ4v) is 3.05. The molecule has 3 nitrogen and oxygen atoms in total. The maximum Gasteiger partial charge on any atom is 0.158 e. The minimum absolute atomic E-state index is 0.513. The molecule has 1 aromatic carbocycles. The van der Waals surface area contributed by atoms with Crippen LogP contribution in [0.4, 0.5) is 0 Å². The molecule has 0 spiro atoms. The molecule has 0 saturated carbocycles. The predicted octanol–water partition coefficient (Wildman–Crippen LogP) is 3.73. The molecule has 4 heteroatoms. The number of thioether (sulfide) groups is 1. The molecule has 2 rings (SSSR count). The van der Waals surface area contributed by atoms with Gasteiger partial charge in [-0.05, 0) is 24.3 Å². The van der Waals surface area contributed by atoms with E-state index in [-0.39, 0.29) is 0 Å². The lowest BCUT2D eigenvalue weighted by Crippen LogP contribution is -2.20. The van der Waals surface area contributed by atoms with Gasteiger partial charge >= 0.3 is 0 Å². The van der Waals surface area contributed by atoms with Gasteiger partial charge in [-0.15, -0.1) is 11.8 Å². The zero-order valence-corrected chi connectivity index (χ0v) is 12.5. The summed E-state index contributed by atoms with van der Waals surface area (Å²) in [5.41, 5.74) is 2.50. The summed E-state index contributed by atoms with van der Waals surface area (Å²) in [6, 6.07) is 8.00. The van der Waals surface area contributed by atoms with Crippen molar-refractivity contribution in [3.63, 3.8) is 0 Å². The number of nitrogens with zero attached hydrogens (tertiary/aromatic N) is 2. The molecule has 0 unspecified atom stereocenters. The molecular weight excluding hydrogens is 254 g/mol. The van der Waals surface area contributed by atoms with Crippen molar-refractivity contribution in [3.05, 3.63) is 29.8 Å². The van der Waals surface area contributed by atoms with Crippen LogP contribution in [-0.4, -0.2) is 15.3 Å². The highest BCUT2D eigenvalue weighted by Crippen LogP contribution is 2.17. The van der Waals surface area contributed by atoms with Gasteiger partial charge in [0.15, 0.2) is 5.49 Å². The minimum Gasteiger partial charge on any atom is -0.326 e. The Labute approximate surface area is 118 Å². The number of hydrogen-bond acceptors (Lipinski definition) is 3. The summed E-state index contributed by atoms with van der Waals surface area (Å²) < 4.78 is 1.91. The van der Waals surface area contributed by atoms with E-state index in [1.807, 2.05) is 35.9 Å². The van der Waals surface area contributed by atoms with Crippen molar-refractivity contribution < 1.29 is 0 Å². The summed E-state index contributed by atoms with van der Waals surface area (Å²) in [6.07, 6.45) is 5.04. The van der Waals surface area contributed by atoms with Gasteiger partial charge in [-0.2, -0.15) is 0 Å². The molecule has 0 fully saturated rings. The molecule has 0 radical (unpaired) electrons. The molecule has 0 atom stereocenters. The lowest BCUT2D eigenvalue weighted by Gasteiger charge is -2.09. The Hall–Kier alpha value is -1.29. The molecule has 0 aliphatic carbocycles. The van der Waals surface area contributed by atoms with Crippen LogP contribution in [-0.2, 0) is 7.05 Å². The van der Waals surface area contributed by atoms with Gasteiger partial charge in [0, 0.05) is 7.05 Å². The quantitative estimate of drug-likeness (QED) is 0.645. The first-order valence-electron chi connectivity index (χ1n) is 6.87. The van der Waals surface area contributed by atoms with Crippen molar-refractivity contribution in [2.45, 2.75) is 37.6 Å². The summed E-state index contributed by atoms with van der Waals surface area (Å²) in [7, 11) is 1.94. The van der Waals surface area contributed by atoms with Crippen LogP contribution >= 0.6 is 11.8 Å². The van der Waals surface area contributed by atoms with Crippen molar-refractivity contribution >= 4 is 22.8 Å². The van der Waals surface area contributed by atoms with Gasteiger partial charge in [-0.25, -0.2) is 4.98 Å². The first kappa shape index (κ1) is 14.1. The first-order chi connectivity index (χ1) is 9.24. The molecule has 1 heterocycles. The van der Waals surface area contributed by atoms with E-state index >= 15 is 0 Å². The first-order valence-corrected chi connectivity index (χ1v) is 7.85. The molecule has 102 valence electrons. The summed E-state index contributed by atoms with van der Waals surface area (Å²) in [5, 5.41) is 9.02. The SMILES string of the molecule is CCCCCCSc1nc2ccccc2n(C)c1=N. The number of para-hydroxylation sites is 2. The largest absolute Gasteiger partial charge is 0.326 e. The molecular formula is C15H21N3S. The maximum atomic E-state index is 8.17. The number of aryl methyl sites for hydroxylation is 1. The van der Waals surface area contributed by atoms with Crippen LogP contribution in [0.1, 0.15) is 32.6 Å². The Morgan fingerprint density at radius 1 is 1.21 bits per heavy atom. The van der Waals surface area contributed by atoms with E-state index in [4.69, 9.17) is 5.41 Å². The van der Waals surface area contributed by atoms with Crippen LogP contribution in [0.25, 0.3) is 11.0 Å². The highest BCUT2D eigenvalue weighted by molar-refractivity contribution is 7.99. The molecule has 0 aliphatic rings. The normalized spacial score (nSPS) is 11.1. The number of hydrogen-bond donors (Lipinski definition) is 1. The Morgan fingerprint density at radius 2 is 2.00 bits per heavy atom. The summed E-state index contributed by atoms with van der Waals surface area (Å²) >= 11 is 1.71. The third-order valence-electron chi connectivity index (χ3n) is 3.24. The third kappa shape index (κ3) is 3.38. The van der Waals surface area contributed by atoms with Gasteiger partial charge in [0.2, 0.25) is 0 Å². The van der Waals surface area contributed by atoms with E-state index in [2.05, 4.69) is 11.9 Å². The zero-order valence-electron chi connectivity index (χ0n) is 11.6. The second-order valence-corrected chi connectivity index (χ2v) is 5.81. The molecule has 1 N–H and O–H groups in total. The second kappa shape index (κ2) is 6.75. The molecule has 1 aromatic heterocycles. The molecule has 0 bridgehead atoms. The minimum atomic E-state index is 0.513. The van der Waals surface area contributed by atoms with Gasteiger partial charge in [-0.1, -0.05) is 38.3 Å². The van der Waals surface area contributed by atoms with E-state index in [0.29, 0.717) is 5.49 Å². The summed E-state index contributed by atoms with van der Waals surface area (Å²) in [5.74, 6) is 1.05. The zero-order chi connectivity index (χ0) is 13.7. The average Bonchev–Trinajstić information content (AvgIpc) is 2.44. The number of rotatable bonds is 6. The van der Waals surface area contributed by atoms with Crippen molar-refractivity contribution in [2.75, 3.05) is 5.75 Å². The Morgan fingerprint density at radius 3 is 2.79 bits per heavy atom. The van der Waals surface area contributed by atoms with E-state index in [1.54, 1.807) is 11.8 Å². The van der Waals surface area contributed by atoms with Gasteiger partial charge in [0.1, 0.15) is 5.03 Å². The van der Waals surface area contributed by atoms with Crippen LogP contribution in [0, 0.1) is 5.41 Å². The molecule has 0 saturated heterocycles. The van der Waals surface area contributed by atoms with Crippen molar-refractivity contribution in [1.29, 1.82) is 5.41 Å². The van der Waals surface area contributed by atoms with E-state index < -0.39 is 0 Å². The number of unbranched alkanes of at least 4 members (excludes halogenated alkanes) is 3.